The van der Waals surface area contributed by atoms with Gasteiger partial charge in [0, 0.05) is 12.1 Å². The van der Waals surface area contributed by atoms with Crippen molar-refractivity contribution in [3.8, 4) is 0 Å². The highest BCUT2D eigenvalue weighted by Gasteiger charge is 2.31. The van der Waals surface area contributed by atoms with Crippen molar-refractivity contribution in [1.82, 2.24) is 10.5 Å². The van der Waals surface area contributed by atoms with Crippen molar-refractivity contribution < 1.29 is 32.4 Å². The molecule has 0 aliphatic heterocycles. The summed E-state index contributed by atoms with van der Waals surface area (Å²) < 4.78 is 40.3. The average molecular weight is 266 g/mol. The second kappa shape index (κ2) is 5.07. The number of alkyl halides is 3. The summed E-state index contributed by atoms with van der Waals surface area (Å²) in [4.78, 5) is 21.8. The Morgan fingerprint density at radius 3 is 2.61 bits per heavy atom. The van der Waals surface area contributed by atoms with Gasteiger partial charge in [0.15, 0.2) is 5.69 Å². The van der Waals surface area contributed by atoms with Gasteiger partial charge in [-0.25, -0.2) is 4.79 Å². The van der Waals surface area contributed by atoms with Gasteiger partial charge in [0.25, 0.3) is 5.91 Å². The summed E-state index contributed by atoms with van der Waals surface area (Å²) in [5.74, 6) is -2.92. The lowest BCUT2D eigenvalue weighted by molar-refractivity contribution is -0.138. The molecular weight excluding hydrogens is 257 g/mol. The average Bonchev–Trinajstić information content (AvgIpc) is 2.62. The molecule has 0 radical (unpaired) electrons. The van der Waals surface area contributed by atoms with Crippen molar-refractivity contribution >= 4 is 11.9 Å². The molecule has 1 unspecified atom stereocenters. The van der Waals surface area contributed by atoms with Gasteiger partial charge in [-0.05, 0) is 6.92 Å². The van der Waals surface area contributed by atoms with Gasteiger partial charge in [0.2, 0.25) is 5.76 Å². The Bertz CT molecular complexity index is 455. The van der Waals surface area contributed by atoms with E-state index in [1.165, 1.54) is 6.92 Å². The number of carboxylic acids is 1. The lowest BCUT2D eigenvalue weighted by atomic mass is 10.2. The zero-order chi connectivity index (χ0) is 13.9. The smallest absolute Gasteiger partial charge is 0.391 e. The molecule has 6 nitrogen and oxygen atoms in total. The Labute approximate surface area is 98.8 Å². The first kappa shape index (κ1) is 14.0. The second-order valence-electron chi connectivity index (χ2n) is 3.58. The monoisotopic (exact) mass is 266 g/mol. The Hall–Kier alpha value is -2.06. The van der Waals surface area contributed by atoms with Crippen LogP contribution in [0.15, 0.2) is 10.6 Å². The number of rotatable bonds is 4. The zero-order valence-electron chi connectivity index (χ0n) is 9.11. The number of halogens is 3. The van der Waals surface area contributed by atoms with Crippen LogP contribution in [0.4, 0.5) is 13.2 Å². The maximum absolute atomic E-state index is 12.0. The summed E-state index contributed by atoms with van der Waals surface area (Å²) in [6.45, 7) is 1.17. The van der Waals surface area contributed by atoms with E-state index in [9.17, 15) is 22.8 Å². The number of nitrogens with zero attached hydrogens (tertiary/aromatic N) is 1. The van der Waals surface area contributed by atoms with E-state index < -0.39 is 36.3 Å². The maximum Gasteiger partial charge on any atom is 0.391 e. The molecule has 9 heteroatoms. The van der Waals surface area contributed by atoms with Crippen LogP contribution in [0.2, 0.25) is 0 Å². The molecule has 1 aromatic rings. The molecule has 1 heterocycles. The van der Waals surface area contributed by atoms with Crippen LogP contribution in [-0.2, 0) is 0 Å². The summed E-state index contributed by atoms with van der Waals surface area (Å²) in [6, 6.07) is -0.319. The summed E-state index contributed by atoms with van der Waals surface area (Å²) in [7, 11) is 0. The van der Waals surface area contributed by atoms with Crippen molar-refractivity contribution in [1.29, 1.82) is 0 Å². The van der Waals surface area contributed by atoms with Crippen LogP contribution in [0.25, 0.3) is 0 Å². The fourth-order valence-corrected chi connectivity index (χ4v) is 1.18. The Morgan fingerprint density at radius 1 is 1.56 bits per heavy atom. The largest absolute Gasteiger partial charge is 0.475 e. The highest BCUT2D eigenvalue weighted by atomic mass is 19.4. The Balaban J connectivity index is 2.62. The molecular formula is C9H9F3N2O4. The molecule has 0 saturated heterocycles. The molecule has 1 aromatic heterocycles. The third-order valence-corrected chi connectivity index (χ3v) is 1.87. The van der Waals surface area contributed by atoms with Gasteiger partial charge in [-0.2, -0.15) is 13.2 Å². The number of carboxylic acid groups (broad SMARTS) is 1. The fourth-order valence-electron chi connectivity index (χ4n) is 1.18. The third kappa shape index (κ3) is 4.07. The van der Waals surface area contributed by atoms with E-state index in [0.717, 1.165) is 6.07 Å². The second-order valence-corrected chi connectivity index (χ2v) is 3.58. The minimum Gasteiger partial charge on any atom is -0.475 e. The molecule has 1 amide bonds. The Kier molecular flexibility index (Phi) is 3.94. The molecule has 0 fully saturated rings. The Morgan fingerprint density at radius 2 is 2.17 bits per heavy atom. The molecule has 0 aliphatic carbocycles. The summed E-state index contributed by atoms with van der Waals surface area (Å²) in [5, 5.41) is 13.7. The molecule has 1 atom stereocenters. The van der Waals surface area contributed by atoms with Crippen LogP contribution in [0.3, 0.4) is 0 Å². The van der Waals surface area contributed by atoms with E-state index in [4.69, 9.17) is 5.11 Å². The summed E-state index contributed by atoms with van der Waals surface area (Å²) in [5.41, 5.74) is -0.388. The third-order valence-electron chi connectivity index (χ3n) is 1.87. The number of carbonyl (C=O) groups is 2. The normalized spacial score (nSPS) is 13.1. The van der Waals surface area contributed by atoms with Crippen molar-refractivity contribution in [2.75, 3.05) is 0 Å². The molecule has 0 aliphatic rings. The highest BCUT2D eigenvalue weighted by Crippen LogP contribution is 2.21. The number of amides is 1. The van der Waals surface area contributed by atoms with Gasteiger partial charge >= 0.3 is 12.1 Å². The summed E-state index contributed by atoms with van der Waals surface area (Å²) in [6.07, 6.45) is -5.59. The summed E-state index contributed by atoms with van der Waals surface area (Å²) >= 11 is 0. The van der Waals surface area contributed by atoms with Crippen LogP contribution >= 0.6 is 0 Å². The molecule has 18 heavy (non-hydrogen) atoms. The van der Waals surface area contributed by atoms with Crippen LogP contribution in [-0.4, -0.2) is 34.4 Å². The highest BCUT2D eigenvalue weighted by molar-refractivity contribution is 5.94. The van der Waals surface area contributed by atoms with Crippen LogP contribution in [0.5, 0.6) is 0 Å². The number of carbonyl (C=O) groups excluding carboxylic acids is 1. The first-order valence-corrected chi connectivity index (χ1v) is 4.76. The van der Waals surface area contributed by atoms with Crippen LogP contribution < -0.4 is 5.32 Å². The van der Waals surface area contributed by atoms with Crippen LogP contribution in [0, 0.1) is 0 Å². The lowest BCUT2D eigenvalue weighted by Crippen LogP contribution is -2.36. The van der Waals surface area contributed by atoms with Gasteiger partial charge in [0.05, 0.1) is 6.42 Å². The van der Waals surface area contributed by atoms with Crippen LogP contribution in [0.1, 0.15) is 34.4 Å². The minimum atomic E-state index is -4.40. The number of aromatic nitrogens is 1. The van der Waals surface area contributed by atoms with Gasteiger partial charge in [-0.1, -0.05) is 5.16 Å². The molecule has 1 rings (SSSR count). The van der Waals surface area contributed by atoms with E-state index in [1.807, 2.05) is 5.32 Å². The van der Waals surface area contributed by atoms with Gasteiger partial charge in [0.1, 0.15) is 0 Å². The van der Waals surface area contributed by atoms with E-state index in [-0.39, 0.29) is 5.69 Å². The molecule has 0 saturated carbocycles. The molecule has 100 valence electrons. The zero-order valence-corrected chi connectivity index (χ0v) is 9.11. The van der Waals surface area contributed by atoms with E-state index in [0.29, 0.717) is 0 Å². The van der Waals surface area contributed by atoms with E-state index in [1.54, 1.807) is 0 Å². The van der Waals surface area contributed by atoms with Gasteiger partial charge in [-0.15, -0.1) is 0 Å². The van der Waals surface area contributed by atoms with E-state index in [2.05, 4.69) is 9.68 Å². The van der Waals surface area contributed by atoms with E-state index >= 15 is 0 Å². The number of hydrogen-bond donors (Lipinski definition) is 2. The molecule has 0 bridgehead atoms. The standard InChI is InChI=1S/C9H9F3N2O4/c1-4(3-9(10,11)12)13-7(15)5-2-6(8(16)17)18-14-5/h2,4H,3H2,1H3,(H,13,15)(H,16,17). The predicted octanol–water partition coefficient (Wildman–Crippen LogP) is 1.44. The molecule has 2 N–H and O–H groups in total. The first-order valence-electron chi connectivity index (χ1n) is 4.76. The van der Waals surface area contributed by atoms with Crippen molar-refractivity contribution in [2.45, 2.75) is 25.6 Å². The quantitative estimate of drug-likeness (QED) is 0.860. The fraction of sp³-hybridized carbons (Fsp3) is 0.444. The van der Waals surface area contributed by atoms with Gasteiger partial charge < -0.3 is 14.9 Å². The number of nitrogens with one attached hydrogen (secondary N) is 1. The first-order chi connectivity index (χ1) is 8.19. The van der Waals surface area contributed by atoms with Gasteiger partial charge in [-0.3, -0.25) is 4.79 Å². The number of aromatic carboxylic acids is 1. The predicted molar refractivity (Wildman–Crippen MR) is 51.1 cm³/mol. The SMILES string of the molecule is CC(CC(F)(F)F)NC(=O)c1cc(C(=O)O)on1. The topological polar surface area (TPSA) is 92.4 Å². The number of hydrogen-bond acceptors (Lipinski definition) is 4. The molecule has 0 aromatic carbocycles. The lowest BCUT2D eigenvalue weighted by Gasteiger charge is -2.14. The van der Waals surface area contributed by atoms with Crippen molar-refractivity contribution in [2.24, 2.45) is 0 Å². The maximum atomic E-state index is 12.0. The van der Waals surface area contributed by atoms with Crippen molar-refractivity contribution in [3.63, 3.8) is 0 Å². The van der Waals surface area contributed by atoms with Crippen molar-refractivity contribution in [3.05, 3.63) is 17.5 Å². The minimum absolute atomic E-state index is 0.388. The molecule has 0 spiro atoms.